The molecule has 6 heteroatoms. The fraction of sp³-hybridized carbons (Fsp3) is 0.500. The lowest BCUT2D eigenvalue weighted by Crippen LogP contribution is -2.42. The summed E-state index contributed by atoms with van der Waals surface area (Å²) >= 11 is 0. The molecule has 1 aliphatic rings. The van der Waals surface area contributed by atoms with E-state index < -0.39 is 17.5 Å². The van der Waals surface area contributed by atoms with E-state index >= 15 is 0 Å². The van der Waals surface area contributed by atoms with Crippen LogP contribution in [0.4, 0.5) is 15.8 Å². The lowest BCUT2D eigenvalue weighted by molar-refractivity contribution is -0.120. The zero-order valence-electron chi connectivity index (χ0n) is 11.7. The van der Waals surface area contributed by atoms with Crippen LogP contribution in [0.25, 0.3) is 0 Å². The molecule has 2 rings (SSSR count). The average molecular weight is 281 g/mol. The van der Waals surface area contributed by atoms with Crippen molar-refractivity contribution in [2.45, 2.75) is 31.9 Å². The summed E-state index contributed by atoms with van der Waals surface area (Å²) in [6.07, 6.45) is 0.622. The van der Waals surface area contributed by atoms with Crippen molar-refractivity contribution in [3.63, 3.8) is 0 Å². The minimum absolute atomic E-state index is 0.0767. The number of aliphatic hydroxyl groups is 1. The van der Waals surface area contributed by atoms with Crippen LogP contribution in [0.3, 0.4) is 0 Å². The van der Waals surface area contributed by atoms with Crippen molar-refractivity contribution in [1.29, 1.82) is 0 Å². The molecule has 1 fully saturated rings. The fourth-order valence-corrected chi connectivity index (χ4v) is 2.35. The van der Waals surface area contributed by atoms with Crippen LogP contribution < -0.4 is 11.1 Å². The summed E-state index contributed by atoms with van der Waals surface area (Å²) in [4.78, 5) is 14.0. The predicted octanol–water partition coefficient (Wildman–Crippen LogP) is 1.19. The molecule has 1 saturated heterocycles. The predicted molar refractivity (Wildman–Crippen MR) is 75.7 cm³/mol. The maximum Gasteiger partial charge on any atom is 0.241 e. The van der Waals surface area contributed by atoms with Crippen LogP contribution in [-0.4, -0.2) is 40.6 Å². The zero-order chi connectivity index (χ0) is 14.9. The highest BCUT2D eigenvalue weighted by Gasteiger charge is 2.35. The van der Waals surface area contributed by atoms with Crippen LogP contribution in [0.5, 0.6) is 0 Å². The second kappa shape index (κ2) is 5.38. The molecule has 0 radical (unpaired) electrons. The summed E-state index contributed by atoms with van der Waals surface area (Å²) in [5.74, 6) is -0.833. The van der Waals surface area contributed by atoms with Gasteiger partial charge >= 0.3 is 0 Å². The van der Waals surface area contributed by atoms with Crippen molar-refractivity contribution in [1.82, 2.24) is 4.90 Å². The van der Waals surface area contributed by atoms with Gasteiger partial charge in [0.1, 0.15) is 5.82 Å². The molecule has 4 N–H and O–H groups in total. The van der Waals surface area contributed by atoms with Gasteiger partial charge in [-0.3, -0.25) is 9.69 Å². The van der Waals surface area contributed by atoms with Crippen LogP contribution in [0.15, 0.2) is 18.2 Å². The lowest BCUT2D eigenvalue weighted by Gasteiger charge is -2.24. The van der Waals surface area contributed by atoms with Crippen LogP contribution in [0, 0.1) is 5.82 Å². The monoisotopic (exact) mass is 281 g/mol. The summed E-state index contributed by atoms with van der Waals surface area (Å²) in [6, 6.07) is 3.60. The Morgan fingerprint density at radius 3 is 2.90 bits per heavy atom. The number of anilines is 2. The van der Waals surface area contributed by atoms with E-state index in [1.54, 1.807) is 13.8 Å². The number of nitrogen functional groups attached to an aromatic ring is 1. The van der Waals surface area contributed by atoms with Gasteiger partial charge in [0.15, 0.2) is 0 Å². The van der Waals surface area contributed by atoms with Crippen molar-refractivity contribution in [2.75, 3.05) is 24.1 Å². The highest BCUT2D eigenvalue weighted by atomic mass is 19.1. The van der Waals surface area contributed by atoms with Crippen molar-refractivity contribution >= 4 is 17.3 Å². The summed E-state index contributed by atoms with van der Waals surface area (Å²) < 4.78 is 13.6. The molecule has 1 aromatic carbocycles. The molecule has 110 valence electrons. The minimum Gasteiger partial charge on any atom is -0.399 e. The Morgan fingerprint density at radius 1 is 1.60 bits per heavy atom. The Balaban J connectivity index is 2.03. The smallest absolute Gasteiger partial charge is 0.241 e. The van der Waals surface area contributed by atoms with Gasteiger partial charge in [-0.2, -0.15) is 0 Å². The highest BCUT2D eigenvalue weighted by Crippen LogP contribution is 2.23. The van der Waals surface area contributed by atoms with Crippen molar-refractivity contribution in [2.24, 2.45) is 0 Å². The maximum atomic E-state index is 13.6. The quantitative estimate of drug-likeness (QED) is 0.727. The minimum atomic E-state index is -0.767. The van der Waals surface area contributed by atoms with E-state index in [0.717, 1.165) is 0 Å². The third-order valence-electron chi connectivity index (χ3n) is 3.66. The molecule has 2 atom stereocenters. The second-order valence-corrected chi connectivity index (χ2v) is 5.62. The number of nitrogens with zero attached hydrogens (tertiary/aromatic N) is 1. The maximum absolute atomic E-state index is 13.6. The molecule has 5 nitrogen and oxygen atoms in total. The van der Waals surface area contributed by atoms with E-state index in [1.165, 1.54) is 18.2 Å². The Morgan fingerprint density at radius 2 is 2.30 bits per heavy atom. The molecule has 0 aliphatic carbocycles. The average Bonchev–Trinajstić information content (AvgIpc) is 2.73. The number of benzene rings is 1. The summed E-state index contributed by atoms with van der Waals surface area (Å²) in [7, 11) is 0. The molecule has 2 unspecified atom stereocenters. The van der Waals surface area contributed by atoms with Crippen LogP contribution in [-0.2, 0) is 4.79 Å². The van der Waals surface area contributed by atoms with Crippen molar-refractivity contribution in [3.8, 4) is 0 Å². The molecular formula is C14H20FN3O2. The number of β-amino-alcohol motifs (C(OH)–C–C–N with tert-alkyl or cyclic N) is 1. The second-order valence-electron chi connectivity index (χ2n) is 5.62. The van der Waals surface area contributed by atoms with Gasteiger partial charge in [-0.25, -0.2) is 4.39 Å². The van der Waals surface area contributed by atoms with E-state index in [9.17, 15) is 14.3 Å². The highest BCUT2D eigenvalue weighted by molar-refractivity contribution is 5.95. The Kier molecular flexibility index (Phi) is 3.96. The number of hydrogen-bond donors (Lipinski definition) is 3. The number of halogens is 1. The van der Waals surface area contributed by atoms with Gasteiger partial charge < -0.3 is 16.2 Å². The van der Waals surface area contributed by atoms with E-state index in [4.69, 9.17) is 5.73 Å². The first-order chi connectivity index (χ1) is 9.28. The molecule has 1 heterocycles. The van der Waals surface area contributed by atoms with Gasteiger partial charge in [-0.05, 0) is 38.5 Å². The van der Waals surface area contributed by atoms with Gasteiger partial charge in [0, 0.05) is 18.8 Å². The van der Waals surface area contributed by atoms with Gasteiger partial charge in [0.25, 0.3) is 0 Å². The zero-order valence-corrected chi connectivity index (χ0v) is 11.7. The molecule has 20 heavy (non-hydrogen) atoms. The first kappa shape index (κ1) is 14.7. The summed E-state index contributed by atoms with van der Waals surface area (Å²) in [5, 5.41) is 12.5. The largest absolute Gasteiger partial charge is 0.399 e. The van der Waals surface area contributed by atoms with E-state index in [1.807, 2.05) is 4.90 Å². The van der Waals surface area contributed by atoms with Gasteiger partial charge in [0.05, 0.1) is 17.3 Å². The number of likely N-dealkylation sites (tertiary alicyclic amines) is 1. The Hall–Kier alpha value is -1.66. The Labute approximate surface area is 117 Å². The topological polar surface area (TPSA) is 78.6 Å². The van der Waals surface area contributed by atoms with E-state index in [-0.39, 0.29) is 11.6 Å². The number of rotatable bonds is 3. The van der Waals surface area contributed by atoms with Crippen molar-refractivity contribution < 1.29 is 14.3 Å². The SMILES string of the molecule is CC(C(=O)Nc1cc(N)ccc1F)N1CCC(C)(O)C1. The molecule has 0 bridgehead atoms. The van der Waals surface area contributed by atoms with E-state index in [0.29, 0.717) is 25.2 Å². The van der Waals surface area contributed by atoms with Crippen LogP contribution in [0.2, 0.25) is 0 Å². The number of nitrogens with two attached hydrogens (primary N) is 1. The molecule has 0 saturated carbocycles. The Bertz CT molecular complexity index is 519. The van der Waals surface area contributed by atoms with Crippen LogP contribution in [0.1, 0.15) is 20.3 Å². The molecular weight excluding hydrogens is 261 g/mol. The third kappa shape index (κ3) is 3.26. The molecule has 0 spiro atoms. The van der Waals surface area contributed by atoms with Crippen molar-refractivity contribution in [3.05, 3.63) is 24.0 Å². The number of carbonyl (C=O) groups excluding carboxylic acids is 1. The molecule has 1 aromatic rings. The third-order valence-corrected chi connectivity index (χ3v) is 3.66. The van der Waals surface area contributed by atoms with Crippen LogP contribution >= 0.6 is 0 Å². The first-order valence-electron chi connectivity index (χ1n) is 6.61. The number of carbonyl (C=O) groups is 1. The first-order valence-corrected chi connectivity index (χ1v) is 6.61. The number of hydrogen-bond acceptors (Lipinski definition) is 4. The van der Waals surface area contributed by atoms with Gasteiger partial charge in [-0.15, -0.1) is 0 Å². The number of amides is 1. The fourth-order valence-electron chi connectivity index (χ4n) is 2.35. The standard InChI is InChI=1S/C14H20FN3O2/c1-9(18-6-5-14(2,20)8-18)13(19)17-12-7-10(16)3-4-11(12)15/h3-4,7,9,20H,5-6,8,16H2,1-2H3,(H,17,19). The summed E-state index contributed by atoms with van der Waals surface area (Å²) in [6.45, 7) is 4.55. The number of nitrogens with one attached hydrogen (secondary N) is 1. The lowest BCUT2D eigenvalue weighted by atomic mass is 10.1. The normalized spacial score (nSPS) is 24.6. The molecule has 1 aliphatic heterocycles. The van der Waals surface area contributed by atoms with Gasteiger partial charge in [-0.1, -0.05) is 0 Å². The van der Waals surface area contributed by atoms with Gasteiger partial charge in [0.2, 0.25) is 5.91 Å². The summed E-state index contributed by atoms with van der Waals surface area (Å²) in [5.41, 5.74) is 5.27. The molecule has 1 amide bonds. The molecule has 0 aromatic heterocycles. The van der Waals surface area contributed by atoms with E-state index in [2.05, 4.69) is 5.32 Å².